The molecule has 0 radical (unpaired) electrons. The first-order valence-electron chi connectivity index (χ1n) is 9.73. The first-order chi connectivity index (χ1) is 13.2. The quantitative estimate of drug-likeness (QED) is 0.788. The van der Waals surface area contributed by atoms with Gasteiger partial charge in [0.25, 0.3) is 0 Å². The van der Waals surface area contributed by atoms with Crippen molar-refractivity contribution in [1.29, 1.82) is 0 Å². The lowest BCUT2D eigenvalue weighted by Gasteiger charge is -2.23. The van der Waals surface area contributed by atoms with Gasteiger partial charge in [-0.2, -0.15) is 0 Å². The number of amides is 1. The van der Waals surface area contributed by atoms with Crippen molar-refractivity contribution in [2.75, 3.05) is 35.7 Å². The fraction of sp³-hybridized carbons (Fsp3) is 0.409. The van der Waals surface area contributed by atoms with Crippen LogP contribution in [0.3, 0.4) is 0 Å². The summed E-state index contributed by atoms with van der Waals surface area (Å²) in [7, 11) is 1.60. The zero-order valence-electron chi connectivity index (χ0n) is 16.2. The molecule has 0 saturated carbocycles. The van der Waals surface area contributed by atoms with Crippen molar-refractivity contribution in [2.24, 2.45) is 0 Å². The highest BCUT2D eigenvalue weighted by atomic mass is 16.5. The van der Waals surface area contributed by atoms with Gasteiger partial charge in [-0.15, -0.1) is 0 Å². The van der Waals surface area contributed by atoms with Gasteiger partial charge in [-0.3, -0.25) is 4.79 Å². The Kier molecular flexibility index (Phi) is 6.58. The molecule has 0 unspecified atom stereocenters. The number of para-hydroxylation sites is 2. The second kappa shape index (κ2) is 9.31. The van der Waals surface area contributed by atoms with E-state index in [0.29, 0.717) is 11.4 Å². The third-order valence-electron chi connectivity index (χ3n) is 4.98. The van der Waals surface area contributed by atoms with E-state index in [-0.39, 0.29) is 11.9 Å². The van der Waals surface area contributed by atoms with Crippen molar-refractivity contribution in [3.8, 4) is 5.75 Å². The Balaban J connectivity index is 1.58. The minimum Gasteiger partial charge on any atom is -0.495 e. The van der Waals surface area contributed by atoms with E-state index in [2.05, 4.69) is 27.7 Å². The van der Waals surface area contributed by atoms with Crippen molar-refractivity contribution in [2.45, 2.75) is 38.6 Å². The van der Waals surface area contributed by atoms with Crippen LogP contribution in [-0.2, 0) is 4.79 Å². The Morgan fingerprint density at radius 1 is 1.00 bits per heavy atom. The molecule has 27 heavy (non-hydrogen) atoms. The maximum Gasteiger partial charge on any atom is 0.246 e. The summed E-state index contributed by atoms with van der Waals surface area (Å²) in [6.45, 7) is 4.11. The maximum atomic E-state index is 12.5. The minimum absolute atomic E-state index is 0.101. The zero-order chi connectivity index (χ0) is 19.1. The van der Waals surface area contributed by atoms with Crippen molar-refractivity contribution in [3.63, 3.8) is 0 Å². The van der Waals surface area contributed by atoms with E-state index in [1.807, 2.05) is 43.3 Å². The smallest absolute Gasteiger partial charge is 0.246 e. The monoisotopic (exact) mass is 367 g/mol. The van der Waals surface area contributed by atoms with Gasteiger partial charge in [0, 0.05) is 24.5 Å². The van der Waals surface area contributed by atoms with E-state index in [0.717, 1.165) is 18.8 Å². The molecule has 0 aromatic heterocycles. The molecule has 1 amide bonds. The molecule has 0 spiro atoms. The third-order valence-corrected chi connectivity index (χ3v) is 4.98. The van der Waals surface area contributed by atoms with Gasteiger partial charge in [-0.25, -0.2) is 0 Å². The molecule has 1 atom stereocenters. The molecular weight excluding hydrogens is 338 g/mol. The Labute approximate surface area is 161 Å². The van der Waals surface area contributed by atoms with Crippen LogP contribution in [0, 0.1) is 0 Å². The van der Waals surface area contributed by atoms with Crippen LogP contribution < -0.4 is 20.3 Å². The van der Waals surface area contributed by atoms with E-state index in [1.165, 1.54) is 31.4 Å². The van der Waals surface area contributed by atoms with Crippen LogP contribution in [0.5, 0.6) is 5.75 Å². The number of nitrogens with zero attached hydrogens (tertiary/aromatic N) is 1. The molecule has 5 nitrogen and oxygen atoms in total. The van der Waals surface area contributed by atoms with Gasteiger partial charge in [0.05, 0.1) is 12.8 Å². The summed E-state index contributed by atoms with van der Waals surface area (Å²) in [5.74, 6) is 0.552. The van der Waals surface area contributed by atoms with E-state index in [1.54, 1.807) is 7.11 Å². The topological polar surface area (TPSA) is 53.6 Å². The molecule has 1 fully saturated rings. The summed E-state index contributed by atoms with van der Waals surface area (Å²) >= 11 is 0. The summed E-state index contributed by atoms with van der Waals surface area (Å²) < 4.78 is 5.28. The number of rotatable bonds is 6. The number of anilines is 3. The number of carbonyl (C=O) groups is 1. The highest BCUT2D eigenvalue weighted by molar-refractivity contribution is 5.97. The largest absolute Gasteiger partial charge is 0.495 e. The van der Waals surface area contributed by atoms with E-state index >= 15 is 0 Å². The number of hydrogen-bond acceptors (Lipinski definition) is 4. The molecule has 0 bridgehead atoms. The van der Waals surface area contributed by atoms with Gasteiger partial charge in [-0.1, -0.05) is 25.0 Å². The SMILES string of the molecule is COc1ccccc1NC(=O)[C@@H](C)Nc1ccc(N2CCCCCC2)cc1. The minimum atomic E-state index is -0.362. The van der Waals surface area contributed by atoms with E-state index in [4.69, 9.17) is 4.74 Å². The number of nitrogens with one attached hydrogen (secondary N) is 2. The lowest BCUT2D eigenvalue weighted by molar-refractivity contribution is -0.116. The molecule has 2 aromatic carbocycles. The number of carbonyl (C=O) groups excluding carboxylic acids is 1. The number of methoxy groups -OCH3 is 1. The summed E-state index contributed by atoms with van der Waals surface area (Å²) in [5, 5.41) is 6.19. The van der Waals surface area contributed by atoms with Gasteiger partial charge in [0.15, 0.2) is 0 Å². The predicted molar refractivity (Wildman–Crippen MR) is 112 cm³/mol. The summed E-state index contributed by atoms with van der Waals surface area (Å²) in [5.41, 5.74) is 2.87. The summed E-state index contributed by atoms with van der Waals surface area (Å²) in [6, 6.07) is 15.4. The highest BCUT2D eigenvalue weighted by Gasteiger charge is 2.15. The lowest BCUT2D eigenvalue weighted by Crippen LogP contribution is -2.32. The second-order valence-electron chi connectivity index (χ2n) is 7.00. The number of ether oxygens (including phenoxy) is 1. The van der Waals surface area contributed by atoms with Crippen molar-refractivity contribution in [3.05, 3.63) is 48.5 Å². The van der Waals surface area contributed by atoms with Gasteiger partial charge in [0.1, 0.15) is 11.8 Å². The van der Waals surface area contributed by atoms with Crippen LogP contribution in [-0.4, -0.2) is 32.1 Å². The van der Waals surface area contributed by atoms with E-state index < -0.39 is 0 Å². The molecular formula is C22H29N3O2. The third kappa shape index (κ3) is 5.16. The second-order valence-corrected chi connectivity index (χ2v) is 7.00. The number of benzene rings is 2. The van der Waals surface area contributed by atoms with Crippen LogP contribution in [0.15, 0.2) is 48.5 Å². The molecule has 1 aliphatic heterocycles. The predicted octanol–water partition coefficient (Wildman–Crippen LogP) is 4.51. The molecule has 2 N–H and O–H groups in total. The van der Waals surface area contributed by atoms with Crippen LogP contribution >= 0.6 is 0 Å². The first kappa shape index (κ1) is 19.1. The Morgan fingerprint density at radius 2 is 1.67 bits per heavy atom. The molecule has 3 rings (SSSR count). The van der Waals surface area contributed by atoms with Gasteiger partial charge in [-0.05, 0) is 56.2 Å². The van der Waals surface area contributed by atoms with Crippen molar-refractivity contribution in [1.82, 2.24) is 0 Å². The van der Waals surface area contributed by atoms with Crippen LogP contribution in [0.2, 0.25) is 0 Å². The zero-order valence-corrected chi connectivity index (χ0v) is 16.2. The van der Waals surface area contributed by atoms with E-state index in [9.17, 15) is 4.79 Å². The Hall–Kier alpha value is -2.69. The average molecular weight is 367 g/mol. The number of hydrogen-bond donors (Lipinski definition) is 2. The van der Waals surface area contributed by atoms with Crippen LogP contribution in [0.25, 0.3) is 0 Å². The Morgan fingerprint density at radius 3 is 2.33 bits per heavy atom. The lowest BCUT2D eigenvalue weighted by atomic mass is 10.2. The fourth-order valence-corrected chi connectivity index (χ4v) is 3.40. The molecule has 144 valence electrons. The molecule has 2 aromatic rings. The van der Waals surface area contributed by atoms with Gasteiger partial charge in [0.2, 0.25) is 5.91 Å². The Bertz CT molecular complexity index is 737. The fourth-order valence-electron chi connectivity index (χ4n) is 3.40. The average Bonchev–Trinajstić information content (AvgIpc) is 2.98. The normalized spacial score (nSPS) is 15.6. The first-order valence-corrected chi connectivity index (χ1v) is 9.73. The molecule has 1 saturated heterocycles. The highest BCUT2D eigenvalue weighted by Crippen LogP contribution is 2.24. The maximum absolute atomic E-state index is 12.5. The summed E-state index contributed by atoms with van der Waals surface area (Å²) in [6.07, 6.45) is 5.18. The van der Waals surface area contributed by atoms with Crippen molar-refractivity contribution >= 4 is 23.0 Å². The van der Waals surface area contributed by atoms with Crippen molar-refractivity contribution < 1.29 is 9.53 Å². The molecule has 1 heterocycles. The van der Waals surface area contributed by atoms with Gasteiger partial charge < -0.3 is 20.3 Å². The molecule has 5 heteroatoms. The summed E-state index contributed by atoms with van der Waals surface area (Å²) in [4.78, 5) is 15.0. The van der Waals surface area contributed by atoms with Gasteiger partial charge >= 0.3 is 0 Å². The van der Waals surface area contributed by atoms with Crippen LogP contribution in [0.1, 0.15) is 32.6 Å². The standard InChI is InChI=1S/C22H29N3O2/c1-17(22(26)24-20-9-5-6-10-21(20)27-2)23-18-11-13-19(14-12-18)25-15-7-3-4-8-16-25/h5-6,9-14,17,23H,3-4,7-8,15-16H2,1-2H3,(H,24,26)/t17-/m1/s1. The van der Waals surface area contributed by atoms with Crippen LogP contribution in [0.4, 0.5) is 17.1 Å². The molecule has 0 aliphatic carbocycles. The molecule has 1 aliphatic rings.